The van der Waals surface area contributed by atoms with Crippen molar-refractivity contribution >= 4 is 11.6 Å². The summed E-state index contributed by atoms with van der Waals surface area (Å²) >= 11 is 0. The molecule has 0 aromatic heterocycles. The normalized spacial score (nSPS) is 19.3. The standard InChI is InChI=1S/C23H28N4O5/c1-29-12-15-4-3-14-9-20-21(32-13-31-20)10-18(14)22(15)26-23(28)19(24)11-27(25)16-5-7-17(30-2)8-6-16/h5-11,15,22H,3-4,12-13,24-25H2,1-2H3,(H,26,28)/b19-11-. The molecule has 4 rings (SSSR count). The molecule has 2 aliphatic rings. The van der Waals surface area contributed by atoms with E-state index in [9.17, 15) is 4.79 Å². The minimum Gasteiger partial charge on any atom is -0.497 e. The van der Waals surface area contributed by atoms with E-state index in [1.807, 2.05) is 12.1 Å². The fraction of sp³-hybridized carbons (Fsp3) is 0.348. The smallest absolute Gasteiger partial charge is 0.269 e. The molecule has 9 nitrogen and oxygen atoms in total. The van der Waals surface area contributed by atoms with Crippen LogP contribution in [0.2, 0.25) is 0 Å². The molecule has 0 fully saturated rings. The number of aryl methyl sites for hydroxylation is 1. The molecule has 2 atom stereocenters. The first-order valence-corrected chi connectivity index (χ1v) is 10.4. The van der Waals surface area contributed by atoms with Crippen molar-refractivity contribution in [2.24, 2.45) is 17.5 Å². The van der Waals surface area contributed by atoms with Gasteiger partial charge in [0.15, 0.2) is 11.5 Å². The van der Waals surface area contributed by atoms with E-state index in [4.69, 9.17) is 30.5 Å². The van der Waals surface area contributed by atoms with Crippen LogP contribution in [0.25, 0.3) is 0 Å². The van der Waals surface area contributed by atoms with Crippen molar-refractivity contribution in [3.63, 3.8) is 0 Å². The maximum Gasteiger partial charge on any atom is 0.269 e. The van der Waals surface area contributed by atoms with Crippen LogP contribution in [0, 0.1) is 5.92 Å². The third-order valence-electron chi connectivity index (χ3n) is 5.80. The monoisotopic (exact) mass is 440 g/mol. The molecule has 2 aromatic rings. The molecule has 170 valence electrons. The molecule has 5 N–H and O–H groups in total. The Kier molecular flexibility index (Phi) is 6.38. The quantitative estimate of drug-likeness (QED) is 0.339. The van der Waals surface area contributed by atoms with Crippen molar-refractivity contribution in [1.29, 1.82) is 0 Å². The van der Waals surface area contributed by atoms with E-state index < -0.39 is 5.91 Å². The zero-order valence-electron chi connectivity index (χ0n) is 18.2. The van der Waals surface area contributed by atoms with Gasteiger partial charge in [-0.25, -0.2) is 5.84 Å². The van der Waals surface area contributed by atoms with Gasteiger partial charge in [0.05, 0.1) is 25.4 Å². The van der Waals surface area contributed by atoms with E-state index in [1.54, 1.807) is 38.5 Å². The minimum atomic E-state index is -0.411. The lowest BCUT2D eigenvalue weighted by Crippen LogP contribution is -2.40. The number of benzene rings is 2. The topological polar surface area (TPSA) is 121 Å². The highest BCUT2D eigenvalue weighted by atomic mass is 16.7. The highest BCUT2D eigenvalue weighted by Crippen LogP contribution is 2.42. The molecule has 0 spiro atoms. The summed E-state index contributed by atoms with van der Waals surface area (Å²) in [4.78, 5) is 13.0. The average molecular weight is 441 g/mol. The van der Waals surface area contributed by atoms with E-state index in [1.165, 1.54) is 11.2 Å². The van der Waals surface area contributed by atoms with Gasteiger partial charge in [-0.05, 0) is 60.4 Å². The number of methoxy groups -OCH3 is 2. The van der Waals surface area contributed by atoms with E-state index in [0.717, 1.165) is 29.7 Å². The Morgan fingerprint density at radius 2 is 1.94 bits per heavy atom. The number of ether oxygens (including phenoxy) is 4. The molecule has 32 heavy (non-hydrogen) atoms. The number of hydrogen-bond donors (Lipinski definition) is 3. The van der Waals surface area contributed by atoms with Gasteiger partial charge in [0.1, 0.15) is 11.4 Å². The largest absolute Gasteiger partial charge is 0.497 e. The number of nitrogens with one attached hydrogen (secondary N) is 1. The number of rotatable bonds is 7. The van der Waals surface area contributed by atoms with Gasteiger partial charge >= 0.3 is 0 Å². The molecule has 0 saturated heterocycles. The number of hydrogen-bond acceptors (Lipinski definition) is 8. The Hall–Kier alpha value is -3.43. The molecule has 1 amide bonds. The van der Waals surface area contributed by atoms with Crippen LogP contribution in [0.5, 0.6) is 17.2 Å². The van der Waals surface area contributed by atoms with Gasteiger partial charge in [0.2, 0.25) is 6.79 Å². The molecule has 1 heterocycles. The fourth-order valence-corrected chi connectivity index (χ4v) is 4.12. The van der Waals surface area contributed by atoms with Gasteiger partial charge in [-0.2, -0.15) is 0 Å². The molecule has 0 saturated carbocycles. The molecule has 9 heteroatoms. The predicted molar refractivity (Wildman–Crippen MR) is 119 cm³/mol. The Labute approximate surface area is 186 Å². The van der Waals surface area contributed by atoms with Crippen molar-refractivity contribution in [1.82, 2.24) is 5.32 Å². The van der Waals surface area contributed by atoms with Crippen molar-refractivity contribution < 1.29 is 23.7 Å². The van der Waals surface area contributed by atoms with Crippen molar-refractivity contribution in [2.45, 2.75) is 18.9 Å². The fourth-order valence-electron chi connectivity index (χ4n) is 4.12. The highest BCUT2D eigenvalue weighted by molar-refractivity contribution is 5.93. The van der Waals surface area contributed by atoms with Crippen LogP contribution in [0.3, 0.4) is 0 Å². The highest BCUT2D eigenvalue weighted by Gasteiger charge is 2.33. The molecule has 1 aliphatic carbocycles. The Morgan fingerprint density at radius 3 is 2.62 bits per heavy atom. The zero-order valence-corrected chi connectivity index (χ0v) is 18.2. The van der Waals surface area contributed by atoms with Gasteiger partial charge < -0.3 is 30.0 Å². The summed E-state index contributed by atoms with van der Waals surface area (Å²) in [5.74, 6) is 7.88. The molecule has 0 radical (unpaired) electrons. The molecular weight excluding hydrogens is 412 g/mol. The number of carbonyl (C=O) groups excluding carboxylic acids is 1. The Morgan fingerprint density at radius 1 is 1.22 bits per heavy atom. The van der Waals surface area contributed by atoms with Crippen molar-refractivity contribution in [3.8, 4) is 17.2 Å². The average Bonchev–Trinajstić information content (AvgIpc) is 3.26. The number of fused-ring (bicyclic) bond motifs is 2. The summed E-state index contributed by atoms with van der Waals surface area (Å²) in [7, 11) is 3.24. The summed E-state index contributed by atoms with van der Waals surface area (Å²) in [5, 5.41) is 4.36. The third-order valence-corrected chi connectivity index (χ3v) is 5.80. The van der Waals surface area contributed by atoms with Crippen LogP contribution in [0.1, 0.15) is 23.6 Å². The van der Waals surface area contributed by atoms with Crippen LogP contribution in [0.15, 0.2) is 48.3 Å². The SMILES string of the molecule is COCC1CCc2cc3c(cc2C1NC(=O)/C(N)=C/N(N)c1ccc(OC)cc1)OCO3. The van der Waals surface area contributed by atoms with Crippen LogP contribution < -0.4 is 36.1 Å². The van der Waals surface area contributed by atoms with Gasteiger partial charge in [0, 0.05) is 19.2 Å². The molecule has 1 aliphatic heterocycles. The van der Waals surface area contributed by atoms with Crippen molar-refractivity contribution in [3.05, 3.63) is 59.4 Å². The Bertz CT molecular complexity index is 1010. The first-order chi connectivity index (χ1) is 15.5. The zero-order chi connectivity index (χ0) is 22.7. The van der Waals surface area contributed by atoms with Crippen molar-refractivity contribution in [2.75, 3.05) is 32.6 Å². The second-order valence-electron chi connectivity index (χ2n) is 7.80. The number of amides is 1. The number of carbonyl (C=O) groups is 1. The van der Waals surface area contributed by atoms with Gasteiger partial charge in [-0.15, -0.1) is 0 Å². The minimum absolute atomic E-state index is 0.00708. The number of nitrogens with two attached hydrogens (primary N) is 2. The first-order valence-electron chi connectivity index (χ1n) is 10.4. The van der Waals surface area contributed by atoms with E-state index in [0.29, 0.717) is 23.8 Å². The lowest BCUT2D eigenvalue weighted by Gasteiger charge is -2.34. The second-order valence-corrected chi connectivity index (χ2v) is 7.80. The Balaban J connectivity index is 1.54. The van der Waals surface area contributed by atoms with Gasteiger partial charge in [-0.3, -0.25) is 9.80 Å². The maximum absolute atomic E-state index is 13.0. The predicted octanol–water partition coefficient (Wildman–Crippen LogP) is 1.97. The second kappa shape index (κ2) is 9.37. The molecule has 2 unspecified atom stereocenters. The summed E-state index contributed by atoms with van der Waals surface area (Å²) in [6.07, 6.45) is 3.13. The number of anilines is 1. The number of hydrazine groups is 1. The van der Waals surface area contributed by atoms with Crippen LogP contribution >= 0.6 is 0 Å². The lowest BCUT2D eigenvalue weighted by molar-refractivity contribution is -0.119. The van der Waals surface area contributed by atoms with E-state index in [2.05, 4.69) is 5.32 Å². The summed E-state index contributed by atoms with van der Waals surface area (Å²) in [6, 6.07) is 10.8. The van der Waals surface area contributed by atoms with E-state index >= 15 is 0 Å². The summed E-state index contributed by atoms with van der Waals surface area (Å²) in [6.45, 7) is 0.710. The number of nitrogens with zero attached hydrogens (tertiary/aromatic N) is 1. The summed E-state index contributed by atoms with van der Waals surface area (Å²) in [5.41, 5.74) is 8.85. The third kappa shape index (κ3) is 4.44. The van der Waals surface area contributed by atoms with Crippen LogP contribution in [-0.2, 0) is 16.0 Å². The molecule has 0 bridgehead atoms. The molecular formula is C23H28N4O5. The molecule has 2 aromatic carbocycles. The van der Waals surface area contributed by atoms with Gasteiger partial charge in [0.25, 0.3) is 5.91 Å². The lowest BCUT2D eigenvalue weighted by atomic mass is 9.79. The first kappa shape index (κ1) is 21.8. The van der Waals surface area contributed by atoms with Crippen LogP contribution in [0.4, 0.5) is 5.69 Å². The maximum atomic E-state index is 13.0. The van der Waals surface area contributed by atoms with Crippen LogP contribution in [-0.4, -0.2) is 33.5 Å². The van der Waals surface area contributed by atoms with E-state index in [-0.39, 0.29) is 24.4 Å². The summed E-state index contributed by atoms with van der Waals surface area (Å²) < 4.78 is 21.6. The van der Waals surface area contributed by atoms with Gasteiger partial charge in [-0.1, -0.05) is 0 Å².